The van der Waals surface area contributed by atoms with Crippen molar-refractivity contribution in [3.63, 3.8) is 0 Å². The van der Waals surface area contributed by atoms with E-state index in [0.29, 0.717) is 38.5 Å². The van der Waals surface area contributed by atoms with Gasteiger partial charge >= 0.3 is 0 Å². The smallest absolute Gasteiger partial charge is 0.293 e. The highest BCUT2D eigenvalue weighted by atomic mass is 32.2. The molecule has 32 heavy (non-hydrogen) atoms. The lowest BCUT2D eigenvalue weighted by molar-refractivity contribution is -0.384. The van der Waals surface area contributed by atoms with Crippen molar-refractivity contribution >= 4 is 21.4 Å². The molecule has 2 heterocycles. The van der Waals surface area contributed by atoms with Crippen LogP contribution < -0.4 is 4.90 Å². The highest BCUT2D eigenvalue weighted by Crippen LogP contribution is 2.35. The summed E-state index contributed by atoms with van der Waals surface area (Å²) in [6.45, 7) is 1.97. The minimum Gasteiger partial charge on any atom is -0.370 e. The van der Waals surface area contributed by atoms with Crippen LogP contribution in [0.2, 0.25) is 0 Å². The number of sulfonamides is 1. The Bertz CT molecular complexity index is 1070. The fourth-order valence-electron chi connectivity index (χ4n) is 4.26. The van der Waals surface area contributed by atoms with E-state index in [1.54, 1.807) is 12.1 Å². The van der Waals surface area contributed by atoms with Gasteiger partial charge in [-0.15, -0.1) is 0 Å². The summed E-state index contributed by atoms with van der Waals surface area (Å²) in [5.41, 5.74) is 0.875. The Morgan fingerprint density at radius 1 is 1.00 bits per heavy atom. The lowest BCUT2D eigenvalue weighted by Crippen LogP contribution is -2.38. The first kappa shape index (κ1) is 22.6. The fourth-order valence-corrected chi connectivity index (χ4v) is 5.79. The van der Waals surface area contributed by atoms with Gasteiger partial charge in [0.05, 0.1) is 16.4 Å². The van der Waals surface area contributed by atoms with Crippen molar-refractivity contribution in [2.45, 2.75) is 36.7 Å². The molecule has 4 rings (SSSR count). The molecule has 0 spiro atoms. The van der Waals surface area contributed by atoms with Crippen LogP contribution in [0.1, 0.15) is 37.4 Å². The largest absolute Gasteiger partial charge is 0.370 e. The number of morpholine rings is 1. The number of nitro groups is 1. The molecular formula is C22H26FN3O5S. The molecule has 0 aromatic heterocycles. The Hall–Kier alpha value is -2.56. The molecule has 2 aliphatic heterocycles. The van der Waals surface area contributed by atoms with E-state index in [1.807, 2.05) is 4.90 Å². The Balaban J connectivity index is 1.61. The van der Waals surface area contributed by atoms with Gasteiger partial charge < -0.3 is 9.64 Å². The minimum absolute atomic E-state index is 0.0572. The number of anilines is 1. The van der Waals surface area contributed by atoms with Crippen LogP contribution in [0, 0.1) is 15.9 Å². The highest BCUT2D eigenvalue weighted by Gasteiger charge is 2.31. The predicted octanol–water partition coefficient (Wildman–Crippen LogP) is 3.88. The Morgan fingerprint density at radius 3 is 2.34 bits per heavy atom. The van der Waals surface area contributed by atoms with E-state index in [1.165, 1.54) is 28.6 Å². The number of hydrogen-bond acceptors (Lipinski definition) is 6. The second kappa shape index (κ2) is 9.51. The van der Waals surface area contributed by atoms with Gasteiger partial charge in [-0.05, 0) is 42.7 Å². The van der Waals surface area contributed by atoms with E-state index >= 15 is 0 Å². The highest BCUT2D eigenvalue weighted by molar-refractivity contribution is 7.89. The summed E-state index contributed by atoms with van der Waals surface area (Å²) < 4.78 is 46.7. The van der Waals surface area contributed by atoms with Crippen molar-refractivity contribution in [1.82, 2.24) is 4.31 Å². The number of hydrogen-bond donors (Lipinski definition) is 0. The normalized spacial score (nSPS) is 20.7. The molecule has 1 unspecified atom stereocenters. The second-order valence-electron chi connectivity index (χ2n) is 8.08. The first-order valence-corrected chi connectivity index (χ1v) is 12.2. The quantitative estimate of drug-likeness (QED) is 0.494. The zero-order valence-electron chi connectivity index (χ0n) is 17.7. The number of nitro benzene ring substituents is 1. The van der Waals surface area contributed by atoms with Crippen LogP contribution in [-0.4, -0.2) is 50.4 Å². The second-order valence-corrected chi connectivity index (χ2v) is 10.0. The summed E-state index contributed by atoms with van der Waals surface area (Å²) in [5, 5.41) is 11.9. The summed E-state index contributed by atoms with van der Waals surface area (Å²) in [7, 11) is -3.80. The summed E-state index contributed by atoms with van der Waals surface area (Å²) in [5.74, 6) is -0.349. The molecule has 2 aliphatic rings. The number of ether oxygens (including phenoxy) is 1. The van der Waals surface area contributed by atoms with E-state index < -0.39 is 14.9 Å². The lowest BCUT2D eigenvalue weighted by atomic mass is 10.1. The topological polar surface area (TPSA) is 93.0 Å². The van der Waals surface area contributed by atoms with Gasteiger partial charge in [0.25, 0.3) is 5.69 Å². The molecule has 0 aliphatic carbocycles. The van der Waals surface area contributed by atoms with Crippen molar-refractivity contribution in [1.29, 1.82) is 0 Å². The molecule has 0 bridgehead atoms. The molecule has 2 aromatic carbocycles. The zero-order chi connectivity index (χ0) is 22.7. The van der Waals surface area contributed by atoms with Gasteiger partial charge in [-0.3, -0.25) is 10.1 Å². The minimum atomic E-state index is -3.80. The third kappa shape index (κ3) is 4.77. The van der Waals surface area contributed by atoms with Crippen molar-refractivity contribution in [3.05, 3.63) is 64.0 Å². The molecule has 0 radical (unpaired) electrons. The molecule has 8 nitrogen and oxygen atoms in total. The van der Waals surface area contributed by atoms with E-state index in [9.17, 15) is 22.9 Å². The molecule has 2 saturated heterocycles. The molecule has 0 amide bonds. The van der Waals surface area contributed by atoms with Crippen molar-refractivity contribution in [2.75, 3.05) is 37.7 Å². The number of nitrogens with zero attached hydrogens (tertiary/aromatic N) is 3. The third-order valence-corrected chi connectivity index (χ3v) is 7.89. The van der Waals surface area contributed by atoms with E-state index in [0.717, 1.165) is 37.3 Å². The summed E-state index contributed by atoms with van der Waals surface area (Å²) in [6.07, 6.45) is 3.18. The van der Waals surface area contributed by atoms with Crippen LogP contribution in [0.5, 0.6) is 0 Å². The van der Waals surface area contributed by atoms with Crippen molar-refractivity contribution in [3.8, 4) is 0 Å². The Labute approximate surface area is 186 Å². The predicted molar refractivity (Wildman–Crippen MR) is 118 cm³/mol. The number of rotatable bonds is 5. The maximum Gasteiger partial charge on any atom is 0.293 e. The summed E-state index contributed by atoms with van der Waals surface area (Å²) in [4.78, 5) is 13.1. The average Bonchev–Trinajstić information content (AvgIpc) is 3.09. The van der Waals surface area contributed by atoms with Gasteiger partial charge in [-0.25, -0.2) is 12.8 Å². The first-order chi connectivity index (χ1) is 15.4. The molecule has 2 fully saturated rings. The van der Waals surface area contributed by atoms with Crippen LogP contribution in [-0.2, 0) is 14.8 Å². The molecule has 10 heteroatoms. The summed E-state index contributed by atoms with van der Waals surface area (Å²) in [6, 6.07) is 10.1. The standard InChI is InChI=1S/C22H26FN3O5S/c23-18-7-5-17(6-8-18)22-16-24(13-14-31-22)20-10-9-19(15-21(20)26(27)28)32(29,30)25-11-3-1-2-4-12-25/h5-10,15,22H,1-4,11-14,16H2. The molecular weight excluding hydrogens is 437 g/mol. The monoisotopic (exact) mass is 463 g/mol. The maximum absolute atomic E-state index is 13.2. The fraction of sp³-hybridized carbons (Fsp3) is 0.455. The van der Waals surface area contributed by atoms with Crippen LogP contribution >= 0.6 is 0 Å². The van der Waals surface area contributed by atoms with Gasteiger partial charge in [0, 0.05) is 32.2 Å². The molecule has 172 valence electrons. The van der Waals surface area contributed by atoms with Crippen LogP contribution in [0.3, 0.4) is 0 Å². The lowest BCUT2D eigenvalue weighted by Gasteiger charge is -2.34. The van der Waals surface area contributed by atoms with Crippen molar-refractivity contribution in [2.24, 2.45) is 0 Å². The molecule has 2 aromatic rings. The van der Waals surface area contributed by atoms with Gasteiger partial charge in [0.2, 0.25) is 10.0 Å². The maximum atomic E-state index is 13.2. The SMILES string of the molecule is O=[N+]([O-])c1cc(S(=O)(=O)N2CCCCCC2)ccc1N1CCOC(c2ccc(F)cc2)C1. The molecule has 1 atom stereocenters. The number of halogens is 1. The van der Waals surface area contributed by atoms with E-state index in [4.69, 9.17) is 4.74 Å². The Kier molecular flexibility index (Phi) is 6.73. The van der Waals surface area contributed by atoms with Crippen LogP contribution in [0.15, 0.2) is 47.4 Å². The molecule has 0 N–H and O–H groups in total. The zero-order valence-corrected chi connectivity index (χ0v) is 18.5. The van der Waals surface area contributed by atoms with E-state index in [2.05, 4.69) is 0 Å². The molecule has 0 saturated carbocycles. The van der Waals surface area contributed by atoms with Gasteiger partial charge in [-0.1, -0.05) is 25.0 Å². The van der Waals surface area contributed by atoms with Gasteiger partial charge in [0.1, 0.15) is 17.6 Å². The first-order valence-electron chi connectivity index (χ1n) is 10.8. The van der Waals surface area contributed by atoms with Crippen LogP contribution in [0.4, 0.5) is 15.8 Å². The number of benzene rings is 2. The van der Waals surface area contributed by atoms with Crippen LogP contribution in [0.25, 0.3) is 0 Å². The third-order valence-electron chi connectivity index (χ3n) is 6.00. The van der Waals surface area contributed by atoms with Gasteiger partial charge in [0.15, 0.2) is 0 Å². The summed E-state index contributed by atoms with van der Waals surface area (Å²) >= 11 is 0. The van der Waals surface area contributed by atoms with Gasteiger partial charge in [-0.2, -0.15) is 4.31 Å². The van der Waals surface area contributed by atoms with E-state index in [-0.39, 0.29) is 22.5 Å². The Morgan fingerprint density at radius 2 is 1.69 bits per heavy atom. The van der Waals surface area contributed by atoms with Crippen molar-refractivity contribution < 1.29 is 22.5 Å². The average molecular weight is 464 g/mol.